The minimum Gasteiger partial charge on any atom is -0.274 e. The van der Waals surface area contributed by atoms with E-state index in [4.69, 9.17) is 0 Å². The molecule has 1 aliphatic heterocycles. The summed E-state index contributed by atoms with van der Waals surface area (Å²) in [4.78, 5) is 25.6. The molecule has 1 unspecified atom stereocenters. The summed E-state index contributed by atoms with van der Waals surface area (Å²) in [7, 11) is -3.45. The average molecular weight is 338 g/mol. The molecule has 126 valence electrons. The third-order valence-corrected chi connectivity index (χ3v) is 5.72. The Morgan fingerprint density at radius 2 is 1.57 bits per heavy atom. The van der Waals surface area contributed by atoms with E-state index in [9.17, 15) is 18.0 Å². The third-order valence-electron chi connectivity index (χ3n) is 3.86. The second kappa shape index (κ2) is 6.80. The van der Waals surface area contributed by atoms with Gasteiger partial charge in [0, 0.05) is 13.1 Å². The fourth-order valence-electron chi connectivity index (χ4n) is 2.33. The fraction of sp³-hybridized carbons (Fsp3) is 0.500. The highest BCUT2D eigenvalue weighted by Gasteiger charge is 2.35. The lowest BCUT2D eigenvalue weighted by atomic mass is 10.1. The summed E-state index contributed by atoms with van der Waals surface area (Å²) in [5.41, 5.74) is 0.761. The summed E-state index contributed by atoms with van der Waals surface area (Å²) in [6, 6.07) is 6.63. The number of amides is 2. The first kappa shape index (κ1) is 17.6. The lowest BCUT2D eigenvalue weighted by Gasteiger charge is -2.18. The molecule has 1 heterocycles. The van der Waals surface area contributed by atoms with Gasteiger partial charge in [-0.2, -0.15) is 0 Å². The molecular formula is C16H22N2O4S. The number of carbonyl (C=O) groups is 2. The van der Waals surface area contributed by atoms with Crippen molar-refractivity contribution in [3.63, 3.8) is 0 Å². The van der Waals surface area contributed by atoms with Gasteiger partial charge in [0.05, 0.1) is 16.4 Å². The number of sulfonamides is 1. The molecule has 0 radical (unpaired) electrons. The maximum atomic E-state index is 12.2. The molecule has 2 rings (SSSR count). The monoisotopic (exact) mass is 338 g/mol. The zero-order chi connectivity index (χ0) is 17.2. The van der Waals surface area contributed by atoms with Crippen LogP contribution in [0, 0.1) is 5.92 Å². The van der Waals surface area contributed by atoms with Crippen LogP contribution in [0.3, 0.4) is 0 Å². The van der Waals surface area contributed by atoms with Crippen LogP contribution >= 0.6 is 0 Å². The Kier molecular flexibility index (Phi) is 5.21. The van der Waals surface area contributed by atoms with Crippen LogP contribution in [0.15, 0.2) is 24.3 Å². The van der Waals surface area contributed by atoms with Crippen molar-refractivity contribution >= 4 is 21.8 Å². The van der Waals surface area contributed by atoms with Crippen molar-refractivity contribution < 1.29 is 18.0 Å². The van der Waals surface area contributed by atoms with Gasteiger partial charge in [0.15, 0.2) is 0 Å². The Hall–Kier alpha value is -1.73. The maximum absolute atomic E-state index is 12.2. The van der Waals surface area contributed by atoms with Gasteiger partial charge >= 0.3 is 0 Å². The number of fused-ring (bicyclic) bond motifs is 1. The quantitative estimate of drug-likeness (QED) is 0.766. The van der Waals surface area contributed by atoms with Crippen molar-refractivity contribution in [3.8, 4) is 0 Å². The van der Waals surface area contributed by atoms with Crippen molar-refractivity contribution in [3.05, 3.63) is 35.4 Å². The zero-order valence-electron chi connectivity index (χ0n) is 13.6. The van der Waals surface area contributed by atoms with Gasteiger partial charge in [0.2, 0.25) is 10.0 Å². The number of nitrogens with zero attached hydrogens (tertiary/aromatic N) is 1. The predicted octanol–water partition coefficient (Wildman–Crippen LogP) is 1.64. The maximum Gasteiger partial charge on any atom is 0.261 e. The first-order chi connectivity index (χ1) is 10.7. The molecule has 1 N–H and O–H groups in total. The van der Waals surface area contributed by atoms with Gasteiger partial charge in [-0.1, -0.05) is 26.0 Å². The van der Waals surface area contributed by atoms with E-state index in [0.717, 1.165) is 4.90 Å². The Balaban J connectivity index is 1.99. The van der Waals surface area contributed by atoms with Crippen LogP contribution in [0.5, 0.6) is 0 Å². The van der Waals surface area contributed by atoms with E-state index < -0.39 is 15.3 Å². The molecule has 1 aromatic carbocycles. The van der Waals surface area contributed by atoms with Gasteiger partial charge in [-0.15, -0.1) is 0 Å². The Labute approximate surface area is 136 Å². The molecule has 0 saturated carbocycles. The summed E-state index contributed by atoms with van der Waals surface area (Å²) < 4.78 is 26.8. The molecule has 1 aromatic rings. The normalized spacial score (nSPS) is 16.1. The molecule has 0 aromatic heterocycles. The first-order valence-corrected chi connectivity index (χ1v) is 9.22. The van der Waals surface area contributed by atoms with E-state index in [2.05, 4.69) is 4.72 Å². The number of imide groups is 1. The molecule has 2 amide bonds. The smallest absolute Gasteiger partial charge is 0.261 e. The van der Waals surface area contributed by atoms with Crippen LogP contribution in [-0.2, 0) is 10.0 Å². The number of hydrogen-bond donors (Lipinski definition) is 1. The van der Waals surface area contributed by atoms with Gasteiger partial charge in [-0.25, -0.2) is 13.1 Å². The summed E-state index contributed by atoms with van der Waals surface area (Å²) in [5, 5.41) is -0.675. The van der Waals surface area contributed by atoms with Crippen LogP contribution in [0.1, 0.15) is 47.9 Å². The molecule has 1 atom stereocenters. The zero-order valence-corrected chi connectivity index (χ0v) is 14.4. The van der Waals surface area contributed by atoms with E-state index in [1.807, 2.05) is 13.8 Å². The van der Waals surface area contributed by atoms with Crippen molar-refractivity contribution in [1.82, 2.24) is 9.62 Å². The van der Waals surface area contributed by atoms with Gasteiger partial charge in [-0.05, 0) is 31.4 Å². The van der Waals surface area contributed by atoms with E-state index in [0.29, 0.717) is 17.7 Å². The average Bonchev–Trinajstić information content (AvgIpc) is 2.75. The lowest BCUT2D eigenvalue weighted by molar-refractivity contribution is 0.0652. The number of hydrogen-bond acceptors (Lipinski definition) is 4. The van der Waals surface area contributed by atoms with Crippen molar-refractivity contribution in [1.29, 1.82) is 0 Å². The Morgan fingerprint density at radius 1 is 1.04 bits per heavy atom. The number of carbonyl (C=O) groups excluding carboxylic acids is 2. The summed E-state index contributed by atoms with van der Waals surface area (Å²) in [6.45, 7) is 5.90. The fourth-order valence-corrected chi connectivity index (χ4v) is 3.60. The summed E-state index contributed by atoms with van der Waals surface area (Å²) in [6.07, 6.45) is 0.207. The number of benzene rings is 1. The topological polar surface area (TPSA) is 83.6 Å². The van der Waals surface area contributed by atoms with Crippen molar-refractivity contribution in [2.24, 2.45) is 5.92 Å². The van der Waals surface area contributed by atoms with E-state index in [1.54, 1.807) is 31.2 Å². The van der Waals surface area contributed by atoms with E-state index >= 15 is 0 Å². The van der Waals surface area contributed by atoms with Crippen molar-refractivity contribution in [2.45, 2.75) is 32.4 Å². The predicted molar refractivity (Wildman–Crippen MR) is 87.6 cm³/mol. The molecule has 0 bridgehead atoms. The number of rotatable bonds is 7. The van der Waals surface area contributed by atoms with Gasteiger partial charge in [0.25, 0.3) is 11.8 Å². The third kappa shape index (κ3) is 3.79. The highest BCUT2D eigenvalue weighted by molar-refractivity contribution is 7.90. The van der Waals surface area contributed by atoms with E-state index in [-0.39, 0.29) is 30.7 Å². The largest absolute Gasteiger partial charge is 0.274 e. The molecular weight excluding hydrogens is 316 g/mol. The highest BCUT2D eigenvalue weighted by atomic mass is 32.2. The second-order valence-electron chi connectivity index (χ2n) is 6.19. The lowest BCUT2D eigenvalue weighted by Crippen LogP contribution is -2.38. The van der Waals surface area contributed by atoms with Crippen molar-refractivity contribution in [2.75, 3.05) is 13.1 Å². The second-order valence-corrected chi connectivity index (χ2v) is 8.38. The number of nitrogens with one attached hydrogen (secondary N) is 1. The molecule has 0 aliphatic carbocycles. The molecule has 0 spiro atoms. The van der Waals surface area contributed by atoms with Gasteiger partial charge in [0.1, 0.15) is 0 Å². The highest BCUT2D eigenvalue weighted by Crippen LogP contribution is 2.23. The van der Waals surface area contributed by atoms with Crippen LogP contribution in [0.2, 0.25) is 0 Å². The molecule has 6 nitrogen and oxygen atoms in total. The van der Waals surface area contributed by atoms with Crippen LogP contribution in [0.4, 0.5) is 0 Å². The summed E-state index contributed by atoms with van der Waals surface area (Å²) in [5.74, 6) is -0.496. The van der Waals surface area contributed by atoms with E-state index in [1.165, 1.54) is 0 Å². The summed E-state index contributed by atoms with van der Waals surface area (Å²) >= 11 is 0. The SMILES string of the molecule is CC(C)CNS(=O)(=O)C(C)CCN1C(=O)c2ccccc2C1=O. The Bertz CT molecular complexity index is 678. The molecule has 7 heteroatoms. The molecule has 0 fully saturated rings. The van der Waals surface area contributed by atoms with Crippen LogP contribution < -0.4 is 4.72 Å². The standard InChI is InChI=1S/C16H22N2O4S/c1-11(2)10-17-23(21,22)12(3)8-9-18-15(19)13-6-4-5-7-14(13)16(18)20/h4-7,11-12,17H,8-10H2,1-3H3. The molecule has 23 heavy (non-hydrogen) atoms. The molecule has 1 aliphatic rings. The first-order valence-electron chi connectivity index (χ1n) is 7.67. The van der Waals surface area contributed by atoms with Crippen LogP contribution in [0.25, 0.3) is 0 Å². The van der Waals surface area contributed by atoms with Crippen LogP contribution in [-0.4, -0.2) is 43.5 Å². The van der Waals surface area contributed by atoms with Gasteiger partial charge < -0.3 is 0 Å². The minimum absolute atomic E-state index is 0.0934. The Morgan fingerprint density at radius 3 is 2.04 bits per heavy atom. The van der Waals surface area contributed by atoms with Gasteiger partial charge in [-0.3, -0.25) is 14.5 Å². The molecule has 0 saturated heterocycles. The minimum atomic E-state index is -3.45.